The van der Waals surface area contributed by atoms with Crippen molar-refractivity contribution in [2.45, 2.75) is 26.3 Å². The molecule has 1 fully saturated rings. The molecule has 1 atom stereocenters. The Bertz CT molecular complexity index is 784. The standard InChI is InChI=1S/C21H26FN3O.ClH/c1-3-16-7-4-6-15(2)21(16)24-20(26)14-25-11-10-23-13-19(25)17-8-5-9-18(22)12-17;/h4-9,12,19,23H,3,10-11,13-14H2,1-2H3,(H,24,26);1H. The van der Waals surface area contributed by atoms with E-state index in [1.807, 2.05) is 31.2 Å². The van der Waals surface area contributed by atoms with Crippen LogP contribution in [0.15, 0.2) is 42.5 Å². The minimum absolute atomic E-state index is 0. The summed E-state index contributed by atoms with van der Waals surface area (Å²) in [5, 5.41) is 6.42. The Morgan fingerprint density at radius 1 is 1.30 bits per heavy atom. The summed E-state index contributed by atoms with van der Waals surface area (Å²) in [7, 11) is 0. The van der Waals surface area contributed by atoms with Crippen molar-refractivity contribution in [3.63, 3.8) is 0 Å². The Balaban J connectivity index is 0.00000261. The van der Waals surface area contributed by atoms with Crippen molar-refractivity contribution in [2.75, 3.05) is 31.5 Å². The summed E-state index contributed by atoms with van der Waals surface area (Å²) in [6.45, 7) is 6.67. The van der Waals surface area contributed by atoms with E-state index in [1.165, 1.54) is 6.07 Å². The summed E-state index contributed by atoms with van der Waals surface area (Å²) in [5.41, 5.74) is 4.02. The molecule has 1 heterocycles. The van der Waals surface area contributed by atoms with Crippen LogP contribution in [0.25, 0.3) is 0 Å². The van der Waals surface area contributed by atoms with Crippen LogP contribution in [0.5, 0.6) is 0 Å². The number of hydrogen-bond acceptors (Lipinski definition) is 3. The minimum atomic E-state index is -0.245. The van der Waals surface area contributed by atoms with Crippen LogP contribution in [0.4, 0.5) is 10.1 Å². The molecule has 2 N–H and O–H groups in total. The summed E-state index contributed by atoms with van der Waals surface area (Å²) in [5.74, 6) is -0.276. The molecule has 0 spiro atoms. The molecule has 0 radical (unpaired) electrons. The average Bonchev–Trinajstić information content (AvgIpc) is 2.64. The first-order chi connectivity index (χ1) is 12.6. The summed E-state index contributed by atoms with van der Waals surface area (Å²) in [6, 6.07) is 12.7. The highest BCUT2D eigenvalue weighted by Gasteiger charge is 2.26. The second kappa shape index (κ2) is 9.83. The van der Waals surface area contributed by atoms with E-state index in [0.717, 1.165) is 41.9 Å². The number of hydrogen-bond donors (Lipinski definition) is 2. The molecule has 27 heavy (non-hydrogen) atoms. The molecule has 3 rings (SSSR count). The molecule has 0 aliphatic carbocycles. The lowest BCUT2D eigenvalue weighted by atomic mass is 10.0. The zero-order valence-corrected chi connectivity index (χ0v) is 16.6. The van der Waals surface area contributed by atoms with E-state index in [2.05, 4.69) is 22.5 Å². The summed E-state index contributed by atoms with van der Waals surface area (Å²) < 4.78 is 13.6. The van der Waals surface area contributed by atoms with Gasteiger partial charge in [-0.2, -0.15) is 0 Å². The number of benzene rings is 2. The van der Waals surface area contributed by atoms with Gasteiger partial charge in [0.1, 0.15) is 5.82 Å². The highest BCUT2D eigenvalue weighted by atomic mass is 35.5. The van der Waals surface area contributed by atoms with Crippen LogP contribution >= 0.6 is 12.4 Å². The first-order valence-corrected chi connectivity index (χ1v) is 9.17. The normalized spacial score (nSPS) is 17.2. The number of carbonyl (C=O) groups is 1. The largest absolute Gasteiger partial charge is 0.324 e. The fourth-order valence-corrected chi connectivity index (χ4v) is 3.54. The van der Waals surface area contributed by atoms with Gasteiger partial charge in [0.05, 0.1) is 6.54 Å². The molecule has 2 aromatic carbocycles. The third kappa shape index (κ3) is 5.28. The number of nitrogens with one attached hydrogen (secondary N) is 2. The predicted molar refractivity (Wildman–Crippen MR) is 110 cm³/mol. The van der Waals surface area contributed by atoms with Crippen LogP contribution in [0.1, 0.15) is 29.7 Å². The number of rotatable bonds is 5. The van der Waals surface area contributed by atoms with Gasteiger partial charge in [0, 0.05) is 31.4 Å². The van der Waals surface area contributed by atoms with Crippen LogP contribution in [-0.4, -0.2) is 37.0 Å². The maximum Gasteiger partial charge on any atom is 0.238 e. The van der Waals surface area contributed by atoms with E-state index in [-0.39, 0.29) is 30.2 Å². The highest BCUT2D eigenvalue weighted by molar-refractivity contribution is 5.93. The number of piperazine rings is 1. The van der Waals surface area contributed by atoms with Gasteiger partial charge in [-0.15, -0.1) is 12.4 Å². The van der Waals surface area contributed by atoms with Crippen LogP contribution in [0.2, 0.25) is 0 Å². The van der Waals surface area contributed by atoms with Gasteiger partial charge in [0.15, 0.2) is 0 Å². The second-order valence-electron chi connectivity index (χ2n) is 6.76. The zero-order chi connectivity index (χ0) is 18.5. The van der Waals surface area contributed by atoms with E-state index < -0.39 is 0 Å². The fourth-order valence-electron chi connectivity index (χ4n) is 3.54. The topological polar surface area (TPSA) is 44.4 Å². The first-order valence-electron chi connectivity index (χ1n) is 9.17. The Morgan fingerprint density at radius 2 is 2.07 bits per heavy atom. The molecule has 1 amide bonds. The van der Waals surface area contributed by atoms with E-state index >= 15 is 0 Å². The Kier molecular flexibility index (Phi) is 7.78. The lowest BCUT2D eigenvalue weighted by Gasteiger charge is -2.36. The molecular weight excluding hydrogens is 365 g/mol. The predicted octanol–water partition coefficient (Wildman–Crippen LogP) is 3.70. The molecule has 4 nitrogen and oxygen atoms in total. The number of anilines is 1. The smallest absolute Gasteiger partial charge is 0.238 e. The Morgan fingerprint density at radius 3 is 2.81 bits per heavy atom. The van der Waals surface area contributed by atoms with Crippen LogP contribution < -0.4 is 10.6 Å². The molecule has 0 saturated carbocycles. The van der Waals surface area contributed by atoms with E-state index in [0.29, 0.717) is 13.1 Å². The van der Waals surface area contributed by atoms with Gasteiger partial charge in [-0.1, -0.05) is 37.3 Å². The summed E-state index contributed by atoms with van der Waals surface area (Å²) in [6.07, 6.45) is 0.872. The average molecular weight is 392 g/mol. The maximum atomic E-state index is 13.6. The number of aryl methyl sites for hydroxylation is 2. The minimum Gasteiger partial charge on any atom is -0.324 e. The number of amides is 1. The van der Waals surface area contributed by atoms with Gasteiger partial charge in [0.25, 0.3) is 0 Å². The molecule has 0 aromatic heterocycles. The van der Waals surface area contributed by atoms with Crippen LogP contribution in [0.3, 0.4) is 0 Å². The zero-order valence-electron chi connectivity index (χ0n) is 15.8. The molecule has 2 aromatic rings. The Hall–Kier alpha value is -1.95. The molecule has 1 aliphatic heterocycles. The van der Waals surface area contributed by atoms with Crippen LogP contribution in [-0.2, 0) is 11.2 Å². The first kappa shape index (κ1) is 21.4. The summed E-state index contributed by atoms with van der Waals surface area (Å²) >= 11 is 0. The molecule has 1 saturated heterocycles. The maximum absolute atomic E-state index is 13.6. The van der Waals surface area contributed by atoms with E-state index in [9.17, 15) is 9.18 Å². The van der Waals surface area contributed by atoms with Crippen molar-refractivity contribution in [3.05, 3.63) is 65.0 Å². The van der Waals surface area contributed by atoms with Crippen LogP contribution in [0, 0.1) is 12.7 Å². The third-order valence-corrected chi connectivity index (χ3v) is 4.94. The van der Waals surface area contributed by atoms with Gasteiger partial charge in [0.2, 0.25) is 5.91 Å². The van der Waals surface area contributed by atoms with Crippen molar-refractivity contribution >= 4 is 24.0 Å². The molecule has 1 aliphatic rings. The van der Waals surface area contributed by atoms with Gasteiger partial charge in [-0.25, -0.2) is 4.39 Å². The lowest BCUT2D eigenvalue weighted by molar-refractivity contribution is -0.118. The highest BCUT2D eigenvalue weighted by Crippen LogP contribution is 2.24. The SMILES string of the molecule is CCc1cccc(C)c1NC(=O)CN1CCNCC1c1cccc(F)c1.Cl. The third-order valence-electron chi connectivity index (χ3n) is 4.94. The van der Waals surface area contributed by atoms with Crippen molar-refractivity contribution in [2.24, 2.45) is 0 Å². The number of para-hydroxylation sites is 1. The summed E-state index contributed by atoms with van der Waals surface area (Å²) in [4.78, 5) is 14.8. The van der Waals surface area contributed by atoms with Gasteiger partial charge < -0.3 is 10.6 Å². The molecule has 0 bridgehead atoms. The monoisotopic (exact) mass is 391 g/mol. The van der Waals surface area contributed by atoms with E-state index in [4.69, 9.17) is 0 Å². The van der Waals surface area contributed by atoms with Crippen molar-refractivity contribution in [1.82, 2.24) is 10.2 Å². The lowest BCUT2D eigenvalue weighted by Crippen LogP contribution is -2.48. The number of carbonyl (C=O) groups excluding carboxylic acids is 1. The number of halogens is 2. The fraction of sp³-hybridized carbons (Fsp3) is 0.381. The van der Waals surface area contributed by atoms with Crippen molar-refractivity contribution < 1.29 is 9.18 Å². The molecule has 146 valence electrons. The van der Waals surface area contributed by atoms with Crippen molar-refractivity contribution in [3.8, 4) is 0 Å². The van der Waals surface area contributed by atoms with Crippen molar-refractivity contribution in [1.29, 1.82) is 0 Å². The van der Waals surface area contributed by atoms with Gasteiger partial charge in [-0.05, 0) is 42.2 Å². The molecular formula is C21H27ClFN3O. The Labute approximate surface area is 166 Å². The quantitative estimate of drug-likeness (QED) is 0.816. The van der Waals surface area contributed by atoms with E-state index in [1.54, 1.807) is 12.1 Å². The molecule has 1 unspecified atom stereocenters. The van der Waals surface area contributed by atoms with Gasteiger partial charge >= 0.3 is 0 Å². The second-order valence-corrected chi connectivity index (χ2v) is 6.76. The molecule has 6 heteroatoms. The number of nitrogens with zero attached hydrogens (tertiary/aromatic N) is 1. The van der Waals surface area contributed by atoms with Gasteiger partial charge in [-0.3, -0.25) is 9.69 Å².